The minimum absolute atomic E-state index is 0.198. The first kappa shape index (κ1) is 23.6. The molecule has 0 atom stereocenters. The van der Waals surface area contributed by atoms with E-state index in [-0.39, 0.29) is 34.4 Å². The van der Waals surface area contributed by atoms with E-state index in [1.54, 1.807) is 21.0 Å². The summed E-state index contributed by atoms with van der Waals surface area (Å²) >= 11 is 2.36. The molecule has 170 valence electrons. The van der Waals surface area contributed by atoms with Crippen molar-refractivity contribution in [3.63, 3.8) is 0 Å². The maximum absolute atomic E-state index is 12.5. The van der Waals surface area contributed by atoms with Crippen molar-refractivity contribution in [1.29, 1.82) is 0 Å². The fraction of sp³-hybridized carbons (Fsp3) is 0.333. The molecule has 2 heterocycles. The number of nitrogen functional groups attached to an aromatic ring is 1. The fourth-order valence-electron chi connectivity index (χ4n) is 2.98. The van der Waals surface area contributed by atoms with E-state index >= 15 is 0 Å². The number of esters is 2. The number of anilines is 1. The molecule has 1 aromatic carbocycles. The molecule has 0 bridgehead atoms. The molecule has 0 saturated carbocycles. The van der Waals surface area contributed by atoms with Crippen molar-refractivity contribution in [2.24, 2.45) is 7.05 Å². The zero-order valence-corrected chi connectivity index (χ0v) is 19.8. The van der Waals surface area contributed by atoms with Gasteiger partial charge in [0.05, 0.1) is 25.9 Å². The van der Waals surface area contributed by atoms with Gasteiger partial charge in [0.1, 0.15) is 15.6 Å². The number of carbonyl (C=O) groups excluding carboxylic acids is 2. The minimum atomic E-state index is -0.565. The topological polar surface area (TPSA) is 119 Å². The predicted octanol–water partition coefficient (Wildman–Crippen LogP) is 3.78. The van der Waals surface area contributed by atoms with Gasteiger partial charge in [0.2, 0.25) is 0 Å². The average Bonchev–Trinajstić information content (AvgIpc) is 3.32. The normalized spacial score (nSPS) is 10.8. The summed E-state index contributed by atoms with van der Waals surface area (Å²) in [6.45, 7) is 3.84. The second kappa shape index (κ2) is 10.5. The molecule has 3 rings (SSSR count). The van der Waals surface area contributed by atoms with Crippen LogP contribution in [0.2, 0.25) is 0 Å². The molecule has 0 aliphatic rings. The number of methoxy groups -OCH3 is 1. The maximum atomic E-state index is 12.5. The van der Waals surface area contributed by atoms with E-state index in [4.69, 9.17) is 19.9 Å². The Labute approximate surface area is 193 Å². The summed E-state index contributed by atoms with van der Waals surface area (Å²) < 4.78 is 17.3. The Kier molecular flexibility index (Phi) is 7.75. The van der Waals surface area contributed by atoms with Crippen molar-refractivity contribution in [2.45, 2.75) is 24.8 Å². The van der Waals surface area contributed by atoms with Crippen molar-refractivity contribution in [1.82, 2.24) is 14.8 Å². The summed E-state index contributed by atoms with van der Waals surface area (Å²) in [6, 6.07) is 7.49. The third-order valence-electron chi connectivity index (χ3n) is 4.50. The molecule has 3 aromatic rings. The van der Waals surface area contributed by atoms with Gasteiger partial charge in [0.15, 0.2) is 11.0 Å². The summed E-state index contributed by atoms with van der Waals surface area (Å²) in [6.07, 6.45) is 0. The van der Waals surface area contributed by atoms with Crippen LogP contribution in [-0.4, -0.2) is 47.0 Å². The highest BCUT2D eigenvalue weighted by Crippen LogP contribution is 2.36. The van der Waals surface area contributed by atoms with Crippen molar-refractivity contribution >= 4 is 40.0 Å². The number of thioether (sulfide) groups is 1. The summed E-state index contributed by atoms with van der Waals surface area (Å²) in [4.78, 5) is 25.2. The van der Waals surface area contributed by atoms with Crippen molar-refractivity contribution in [3.05, 3.63) is 40.3 Å². The quantitative estimate of drug-likeness (QED) is 0.363. The number of ether oxygens (including phenoxy) is 3. The van der Waals surface area contributed by atoms with E-state index in [1.165, 1.54) is 11.8 Å². The Morgan fingerprint density at radius 2 is 1.75 bits per heavy atom. The molecule has 0 spiro atoms. The standard InChI is InChI=1S/C21H24N4O5S2/c1-5-29-19(26)15-14(16(32-17(15)22)20(27)30-6-2)11-31-21-24-23-18(25(21)3)12-7-9-13(28-4)10-8-12/h7-10H,5-6,11,22H2,1-4H3. The number of thiophene rings is 1. The molecule has 0 aliphatic heterocycles. The molecular weight excluding hydrogens is 452 g/mol. The smallest absolute Gasteiger partial charge is 0.348 e. The molecule has 0 aliphatic carbocycles. The highest BCUT2D eigenvalue weighted by atomic mass is 32.2. The zero-order valence-electron chi connectivity index (χ0n) is 18.2. The molecule has 0 saturated heterocycles. The number of carbonyl (C=O) groups is 2. The van der Waals surface area contributed by atoms with Crippen LogP contribution in [-0.2, 0) is 22.3 Å². The molecular formula is C21H24N4O5S2. The fourth-order valence-corrected chi connectivity index (χ4v) is 4.98. The van der Waals surface area contributed by atoms with Crippen LogP contribution in [0.1, 0.15) is 39.4 Å². The van der Waals surface area contributed by atoms with Crippen molar-refractivity contribution in [2.75, 3.05) is 26.1 Å². The second-order valence-corrected chi connectivity index (χ2v) is 8.47. The SMILES string of the molecule is CCOC(=O)c1sc(N)c(C(=O)OCC)c1CSc1nnc(-c2ccc(OC)cc2)n1C. The van der Waals surface area contributed by atoms with E-state index in [9.17, 15) is 9.59 Å². The third-order valence-corrected chi connectivity index (χ3v) is 6.59. The Morgan fingerprint density at radius 3 is 2.38 bits per heavy atom. The van der Waals surface area contributed by atoms with E-state index < -0.39 is 11.9 Å². The van der Waals surface area contributed by atoms with Crippen LogP contribution in [0.25, 0.3) is 11.4 Å². The summed E-state index contributed by atoms with van der Waals surface area (Å²) in [5.41, 5.74) is 7.62. The summed E-state index contributed by atoms with van der Waals surface area (Å²) in [5, 5.41) is 9.38. The van der Waals surface area contributed by atoms with Gasteiger partial charge in [-0.05, 0) is 38.1 Å². The molecule has 9 nitrogen and oxygen atoms in total. The molecule has 11 heteroatoms. The number of hydrogen-bond donors (Lipinski definition) is 1. The lowest BCUT2D eigenvalue weighted by atomic mass is 10.1. The molecule has 0 radical (unpaired) electrons. The zero-order chi connectivity index (χ0) is 23.3. The highest BCUT2D eigenvalue weighted by molar-refractivity contribution is 7.98. The monoisotopic (exact) mass is 476 g/mol. The summed E-state index contributed by atoms with van der Waals surface area (Å²) in [7, 11) is 3.46. The minimum Gasteiger partial charge on any atom is -0.497 e. The maximum Gasteiger partial charge on any atom is 0.348 e. The Hall–Kier alpha value is -3.05. The van der Waals surface area contributed by atoms with Gasteiger partial charge in [0.25, 0.3) is 0 Å². The van der Waals surface area contributed by atoms with Gasteiger partial charge in [-0.1, -0.05) is 11.8 Å². The van der Waals surface area contributed by atoms with E-state index in [0.29, 0.717) is 16.5 Å². The number of rotatable bonds is 9. The van der Waals surface area contributed by atoms with E-state index in [1.807, 2.05) is 35.9 Å². The first-order chi connectivity index (χ1) is 15.4. The van der Waals surface area contributed by atoms with Gasteiger partial charge in [-0.3, -0.25) is 0 Å². The van der Waals surface area contributed by atoms with Crippen molar-refractivity contribution in [3.8, 4) is 17.1 Å². The lowest BCUT2D eigenvalue weighted by Crippen LogP contribution is -2.11. The third kappa shape index (κ3) is 4.89. The predicted molar refractivity (Wildman–Crippen MR) is 123 cm³/mol. The van der Waals surface area contributed by atoms with Crippen LogP contribution in [0.3, 0.4) is 0 Å². The van der Waals surface area contributed by atoms with Gasteiger partial charge >= 0.3 is 11.9 Å². The Morgan fingerprint density at radius 1 is 1.09 bits per heavy atom. The molecule has 0 unspecified atom stereocenters. The van der Waals surface area contributed by atoms with Gasteiger partial charge < -0.3 is 24.5 Å². The average molecular weight is 477 g/mol. The first-order valence-corrected chi connectivity index (χ1v) is 11.6. The van der Waals surface area contributed by atoms with Crippen LogP contribution in [0.15, 0.2) is 29.4 Å². The second-order valence-electron chi connectivity index (χ2n) is 6.47. The lowest BCUT2D eigenvalue weighted by molar-refractivity contribution is 0.0527. The lowest BCUT2D eigenvalue weighted by Gasteiger charge is -2.08. The highest BCUT2D eigenvalue weighted by Gasteiger charge is 2.28. The van der Waals surface area contributed by atoms with Gasteiger partial charge in [-0.25, -0.2) is 9.59 Å². The number of aromatic nitrogens is 3. The molecule has 0 fully saturated rings. The van der Waals surface area contributed by atoms with Gasteiger partial charge in [0, 0.05) is 23.9 Å². The van der Waals surface area contributed by atoms with Crippen LogP contribution in [0.5, 0.6) is 5.75 Å². The molecule has 2 aromatic heterocycles. The van der Waals surface area contributed by atoms with Crippen LogP contribution >= 0.6 is 23.1 Å². The van der Waals surface area contributed by atoms with Crippen LogP contribution < -0.4 is 10.5 Å². The molecule has 0 amide bonds. The van der Waals surface area contributed by atoms with Gasteiger partial charge in [-0.15, -0.1) is 21.5 Å². The number of hydrogen-bond acceptors (Lipinski definition) is 10. The number of nitrogens with two attached hydrogens (primary N) is 1. The number of nitrogens with zero attached hydrogens (tertiary/aromatic N) is 3. The Bertz CT molecular complexity index is 1110. The Balaban J connectivity index is 1.89. The van der Waals surface area contributed by atoms with E-state index in [2.05, 4.69) is 10.2 Å². The molecule has 32 heavy (non-hydrogen) atoms. The van der Waals surface area contributed by atoms with Crippen molar-refractivity contribution < 1.29 is 23.8 Å². The largest absolute Gasteiger partial charge is 0.497 e. The molecule has 2 N–H and O–H groups in total. The summed E-state index contributed by atoms with van der Waals surface area (Å²) in [5.74, 6) is 0.608. The number of benzene rings is 1. The van der Waals surface area contributed by atoms with E-state index in [0.717, 1.165) is 22.6 Å². The van der Waals surface area contributed by atoms with Crippen LogP contribution in [0, 0.1) is 0 Å². The first-order valence-electron chi connectivity index (χ1n) is 9.83. The van der Waals surface area contributed by atoms with Crippen LogP contribution in [0.4, 0.5) is 5.00 Å². The van der Waals surface area contributed by atoms with Gasteiger partial charge in [-0.2, -0.15) is 0 Å².